The Hall–Kier alpha value is -2.02. The van der Waals surface area contributed by atoms with E-state index in [4.69, 9.17) is 4.98 Å². The Kier molecular flexibility index (Phi) is 6.72. The average molecular weight is 513 g/mol. The Morgan fingerprint density at radius 1 is 1.09 bits per heavy atom. The van der Waals surface area contributed by atoms with E-state index in [1.54, 1.807) is 0 Å². The first-order chi connectivity index (χ1) is 15.7. The standard InChI is InChI=1S/C24H29N6SSe/c1-2-18-6-7-21(30-14-17(15-30)16-31-32)20-13-26-24(28-23(18)20)27-19-8-9-25-22(12-19)29-10-4-3-5-11-29/h6-9,12-13,17H,2-5,10-11,14-16H2,1H3,(H,25,26,27,28). The summed E-state index contributed by atoms with van der Waals surface area (Å²) < 4.78 is 0. The number of aryl methyl sites for hydroxylation is 1. The SMILES string of the molecule is CCc1ccc(N2CC(CS[Se])C2)c2cnc(Nc3ccnc(N4CCCCC4)c3)nc12. The number of pyridine rings is 1. The third-order valence-corrected chi connectivity index (χ3v) is 7.94. The van der Waals surface area contributed by atoms with Gasteiger partial charge in [-0.3, -0.25) is 0 Å². The molecule has 2 aromatic heterocycles. The van der Waals surface area contributed by atoms with Gasteiger partial charge in [0.2, 0.25) is 0 Å². The maximum atomic E-state index is 4.95. The Labute approximate surface area is 201 Å². The van der Waals surface area contributed by atoms with Crippen molar-refractivity contribution in [2.45, 2.75) is 32.6 Å². The van der Waals surface area contributed by atoms with Crippen LogP contribution in [0, 0.1) is 5.92 Å². The molecule has 2 fully saturated rings. The van der Waals surface area contributed by atoms with Crippen LogP contribution in [0.3, 0.4) is 0 Å². The molecule has 0 unspecified atom stereocenters. The summed E-state index contributed by atoms with van der Waals surface area (Å²) in [6, 6.07) is 8.57. The summed E-state index contributed by atoms with van der Waals surface area (Å²) in [4.78, 5) is 19.0. The molecule has 0 bridgehead atoms. The fourth-order valence-electron chi connectivity index (χ4n) is 4.67. The van der Waals surface area contributed by atoms with Crippen LogP contribution in [0.4, 0.5) is 23.1 Å². The molecule has 5 rings (SSSR count). The molecule has 1 N–H and O–H groups in total. The summed E-state index contributed by atoms with van der Waals surface area (Å²) in [5.41, 5.74) is 4.54. The second kappa shape index (κ2) is 9.86. The van der Waals surface area contributed by atoms with Crippen molar-refractivity contribution in [2.24, 2.45) is 5.92 Å². The Balaban J connectivity index is 1.40. The van der Waals surface area contributed by atoms with Gasteiger partial charge in [-0.05, 0) is 25.3 Å². The van der Waals surface area contributed by atoms with E-state index in [2.05, 4.69) is 65.1 Å². The van der Waals surface area contributed by atoms with Gasteiger partial charge in [0.1, 0.15) is 5.82 Å². The summed E-state index contributed by atoms with van der Waals surface area (Å²) in [6.45, 7) is 6.55. The molecule has 3 aromatic rings. The first-order valence-electron chi connectivity index (χ1n) is 11.5. The predicted octanol–water partition coefficient (Wildman–Crippen LogP) is 4.57. The number of hydrogen-bond donors (Lipinski definition) is 1. The van der Waals surface area contributed by atoms with Gasteiger partial charge in [0.15, 0.2) is 0 Å². The van der Waals surface area contributed by atoms with Gasteiger partial charge in [-0.25, -0.2) is 4.98 Å². The van der Waals surface area contributed by atoms with Crippen molar-refractivity contribution in [1.82, 2.24) is 15.0 Å². The average Bonchev–Trinajstić information content (AvgIpc) is 2.81. The summed E-state index contributed by atoms with van der Waals surface area (Å²) in [7, 11) is 1.81. The Morgan fingerprint density at radius 2 is 1.94 bits per heavy atom. The van der Waals surface area contributed by atoms with Crippen LogP contribution in [0.2, 0.25) is 0 Å². The molecule has 0 aliphatic carbocycles. The molecule has 4 heterocycles. The van der Waals surface area contributed by atoms with E-state index in [0.717, 1.165) is 60.9 Å². The molecule has 0 amide bonds. The minimum atomic E-state index is 0.638. The number of nitrogens with zero attached hydrogens (tertiary/aromatic N) is 5. The van der Waals surface area contributed by atoms with Crippen molar-refractivity contribution in [1.29, 1.82) is 0 Å². The first-order valence-corrected chi connectivity index (χ1v) is 14.5. The number of piperidine rings is 1. The van der Waals surface area contributed by atoms with Gasteiger partial charge in [0.05, 0.1) is 0 Å². The quantitative estimate of drug-likeness (QED) is 0.466. The van der Waals surface area contributed by atoms with Crippen LogP contribution < -0.4 is 15.1 Å². The van der Waals surface area contributed by atoms with Crippen LogP contribution in [0.5, 0.6) is 0 Å². The van der Waals surface area contributed by atoms with Gasteiger partial charge in [0, 0.05) is 25.4 Å². The minimum absolute atomic E-state index is 0.638. The fraction of sp³-hybridized carbons (Fsp3) is 0.458. The maximum absolute atomic E-state index is 4.95. The second-order valence-electron chi connectivity index (χ2n) is 8.68. The summed E-state index contributed by atoms with van der Waals surface area (Å²) in [5.74, 6) is 3.60. The molecule has 6 nitrogen and oxygen atoms in total. The van der Waals surface area contributed by atoms with Crippen molar-refractivity contribution < 1.29 is 0 Å². The Bertz CT molecular complexity index is 1080. The molecule has 1 radical (unpaired) electrons. The van der Waals surface area contributed by atoms with Crippen molar-refractivity contribution in [2.75, 3.05) is 47.0 Å². The van der Waals surface area contributed by atoms with Crippen LogP contribution in [0.1, 0.15) is 31.7 Å². The molecular weight excluding hydrogens is 483 g/mol. The molecular formula is C24H29N6SSe. The van der Waals surface area contributed by atoms with E-state index in [0.29, 0.717) is 5.95 Å². The van der Waals surface area contributed by atoms with Crippen LogP contribution in [-0.2, 0) is 6.42 Å². The van der Waals surface area contributed by atoms with Crippen molar-refractivity contribution in [3.63, 3.8) is 0 Å². The molecule has 1 aromatic carbocycles. The molecule has 32 heavy (non-hydrogen) atoms. The number of benzene rings is 1. The van der Waals surface area contributed by atoms with Crippen LogP contribution in [-0.4, -0.2) is 61.8 Å². The normalized spacial score (nSPS) is 16.9. The van der Waals surface area contributed by atoms with E-state index in [-0.39, 0.29) is 0 Å². The van der Waals surface area contributed by atoms with Crippen molar-refractivity contribution >= 4 is 59.1 Å². The molecule has 167 valence electrons. The van der Waals surface area contributed by atoms with Crippen LogP contribution in [0.25, 0.3) is 10.9 Å². The zero-order chi connectivity index (χ0) is 21.9. The van der Waals surface area contributed by atoms with E-state index in [1.165, 1.54) is 36.3 Å². The first kappa shape index (κ1) is 21.8. The van der Waals surface area contributed by atoms with Crippen LogP contribution in [0.15, 0.2) is 36.7 Å². The van der Waals surface area contributed by atoms with E-state index in [1.807, 2.05) is 28.6 Å². The third kappa shape index (κ3) is 4.54. The molecule has 8 heteroatoms. The van der Waals surface area contributed by atoms with Crippen molar-refractivity contribution in [3.05, 3.63) is 42.2 Å². The number of rotatable bonds is 7. The number of nitrogens with one attached hydrogen (secondary N) is 1. The van der Waals surface area contributed by atoms with E-state index >= 15 is 0 Å². The van der Waals surface area contributed by atoms with Gasteiger partial charge >= 0.3 is 135 Å². The molecule has 0 spiro atoms. The fourth-order valence-corrected chi connectivity index (χ4v) is 6.29. The number of anilines is 4. The van der Waals surface area contributed by atoms with Gasteiger partial charge in [-0.15, -0.1) is 0 Å². The third-order valence-electron chi connectivity index (χ3n) is 6.48. The zero-order valence-corrected chi connectivity index (χ0v) is 21.0. The molecule has 0 saturated carbocycles. The molecule has 0 atom stereocenters. The number of hydrogen-bond acceptors (Lipinski definition) is 7. The molecule has 2 aliphatic rings. The van der Waals surface area contributed by atoms with Crippen LogP contribution >= 0.6 is 10.2 Å². The van der Waals surface area contributed by atoms with Gasteiger partial charge in [0.25, 0.3) is 0 Å². The zero-order valence-electron chi connectivity index (χ0n) is 18.5. The molecule has 2 saturated heterocycles. The van der Waals surface area contributed by atoms with Gasteiger partial charge < -0.3 is 4.90 Å². The van der Waals surface area contributed by atoms with E-state index in [9.17, 15) is 0 Å². The molecule has 2 aliphatic heterocycles. The predicted molar refractivity (Wildman–Crippen MR) is 136 cm³/mol. The van der Waals surface area contributed by atoms with Crippen molar-refractivity contribution in [3.8, 4) is 0 Å². The number of aromatic nitrogens is 3. The summed E-state index contributed by atoms with van der Waals surface area (Å²) >= 11 is 3.05. The monoisotopic (exact) mass is 513 g/mol. The topological polar surface area (TPSA) is 57.2 Å². The Morgan fingerprint density at radius 3 is 2.72 bits per heavy atom. The number of fused-ring (bicyclic) bond motifs is 1. The van der Waals surface area contributed by atoms with Gasteiger partial charge in [-0.1, -0.05) is 0 Å². The summed E-state index contributed by atoms with van der Waals surface area (Å²) in [6.07, 6.45) is 8.60. The van der Waals surface area contributed by atoms with Gasteiger partial charge in [-0.2, -0.15) is 0 Å². The second-order valence-corrected chi connectivity index (χ2v) is 10.7. The van der Waals surface area contributed by atoms with E-state index < -0.39 is 0 Å². The summed E-state index contributed by atoms with van der Waals surface area (Å²) in [5, 5.41) is 4.56.